The van der Waals surface area contributed by atoms with Crippen LogP contribution in [0.4, 0.5) is 4.79 Å². The molecule has 1 amide bonds. The van der Waals surface area contributed by atoms with E-state index >= 15 is 0 Å². The first kappa shape index (κ1) is 21.6. The molecule has 31 heavy (non-hydrogen) atoms. The number of fused-ring (bicyclic) bond motifs is 1. The molecule has 1 aromatic carbocycles. The molecule has 2 aromatic heterocycles. The molecule has 1 fully saturated rings. The van der Waals surface area contributed by atoms with Gasteiger partial charge in [-0.05, 0) is 49.5 Å². The molecular weight excluding hydrogens is 464 g/mol. The minimum absolute atomic E-state index is 0.210. The summed E-state index contributed by atoms with van der Waals surface area (Å²) >= 11 is 3.63. The lowest BCUT2D eigenvalue weighted by Gasteiger charge is -2.44. The van der Waals surface area contributed by atoms with Crippen molar-refractivity contribution in [3.05, 3.63) is 41.1 Å². The van der Waals surface area contributed by atoms with Crippen LogP contribution in [-0.2, 0) is 0 Å². The summed E-state index contributed by atoms with van der Waals surface area (Å²) in [7, 11) is 0. The van der Waals surface area contributed by atoms with Crippen molar-refractivity contribution in [2.24, 2.45) is 0 Å². The van der Waals surface area contributed by atoms with E-state index in [2.05, 4.69) is 25.9 Å². The molecule has 1 atom stereocenters. The molecule has 0 bridgehead atoms. The van der Waals surface area contributed by atoms with Crippen molar-refractivity contribution in [1.29, 1.82) is 0 Å². The fraction of sp³-hybridized carbons (Fsp3) is 0.409. The number of hydrazine groups is 1. The van der Waals surface area contributed by atoms with Gasteiger partial charge in [-0.2, -0.15) is 0 Å². The molecule has 1 saturated heterocycles. The van der Waals surface area contributed by atoms with Crippen LogP contribution in [-0.4, -0.2) is 55.9 Å². The van der Waals surface area contributed by atoms with E-state index in [0.29, 0.717) is 35.8 Å². The number of nitrogens with zero attached hydrogens (tertiary/aromatic N) is 4. The summed E-state index contributed by atoms with van der Waals surface area (Å²) in [5, 5.41) is 13.6. The number of rotatable bonds is 4. The number of carboxylic acid groups (broad SMARTS) is 1. The second kappa shape index (κ2) is 8.47. The van der Waals surface area contributed by atoms with Gasteiger partial charge in [-0.1, -0.05) is 30.3 Å². The number of piperidine rings is 1. The third kappa shape index (κ3) is 4.38. The number of furan rings is 1. The van der Waals surface area contributed by atoms with E-state index in [-0.39, 0.29) is 6.10 Å². The monoisotopic (exact) mass is 488 g/mol. The Morgan fingerprint density at radius 3 is 2.71 bits per heavy atom. The zero-order chi connectivity index (χ0) is 22.2. The van der Waals surface area contributed by atoms with E-state index in [0.717, 1.165) is 22.9 Å². The maximum atomic E-state index is 11.9. The molecule has 1 aliphatic heterocycles. The minimum atomic E-state index is -0.970. The number of carbonyl (C=O) groups is 1. The summed E-state index contributed by atoms with van der Waals surface area (Å²) in [6.07, 6.45) is 1.86. The van der Waals surface area contributed by atoms with Crippen molar-refractivity contribution in [1.82, 2.24) is 20.0 Å². The minimum Gasteiger partial charge on any atom is -0.472 e. The first-order valence-corrected chi connectivity index (χ1v) is 11.0. The van der Waals surface area contributed by atoms with E-state index in [1.165, 1.54) is 11.3 Å². The number of ether oxygens (including phenoxy) is 1. The molecule has 0 radical (unpaired) electrons. The molecule has 4 rings (SSSR count). The van der Waals surface area contributed by atoms with Gasteiger partial charge in [-0.3, -0.25) is 0 Å². The van der Waals surface area contributed by atoms with Crippen molar-refractivity contribution in [2.75, 3.05) is 13.1 Å². The smallest absolute Gasteiger partial charge is 0.422 e. The van der Waals surface area contributed by atoms with Crippen LogP contribution in [0.5, 0.6) is 5.88 Å². The predicted octanol–water partition coefficient (Wildman–Crippen LogP) is 5.19. The van der Waals surface area contributed by atoms with Gasteiger partial charge in [0.25, 0.3) is 0 Å². The van der Waals surface area contributed by atoms with Gasteiger partial charge in [0.1, 0.15) is 17.8 Å². The molecule has 3 heterocycles. The van der Waals surface area contributed by atoms with Gasteiger partial charge in [0.15, 0.2) is 5.76 Å². The second-order valence-electron chi connectivity index (χ2n) is 8.53. The fourth-order valence-electron chi connectivity index (χ4n) is 3.93. The molecule has 164 valence electrons. The highest BCUT2D eigenvalue weighted by Crippen LogP contribution is 2.40. The molecule has 1 N–H and O–H groups in total. The van der Waals surface area contributed by atoms with Crippen LogP contribution in [0.3, 0.4) is 0 Å². The third-order valence-electron chi connectivity index (χ3n) is 5.17. The molecule has 1 aliphatic rings. The Bertz CT molecular complexity index is 1080. The molecule has 9 heteroatoms. The SMILES string of the molecule is CC(C)(C)N(C(=O)O)N1CCCC(Oc2ncnc3oc(-c4ccccc4)c(Br)c23)C1. The van der Waals surface area contributed by atoms with Gasteiger partial charge in [-0.25, -0.2) is 24.8 Å². The van der Waals surface area contributed by atoms with Gasteiger partial charge in [0, 0.05) is 12.1 Å². The highest BCUT2D eigenvalue weighted by molar-refractivity contribution is 9.10. The number of hydrogen-bond donors (Lipinski definition) is 1. The van der Waals surface area contributed by atoms with Gasteiger partial charge < -0.3 is 14.3 Å². The van der Waals surface area contributed by atoms with E-state index in [1.807, 2.05) is 56.1 Å². The molecule has 1 unspecified atom stereocenters. The van der Waals surface area contributed by atoms with Crippen molar-refractivity contribution in [3.63, 3.8) is 0 Å². The average molecular weight is 489 g/mol. The van der Waals surface area contributed by atoms with Crippen LogP contribution in [0.1, 0.15) is 33.6 Å². The van der Waals surface area contributed by atoms with Crippen LogP contribution < -0.4 is 4.74 Å². The predicted molar refractivity (Wildman–Crippen MR) is 120 cm³/mol. The summed E-state index contributed by atoms with van der Waals surface area (Å²) < 4.78 is 13.0. The third-order valence-corrected chi connectivity index (χ3v) is 5.92. The lowest BCUT2D eigenvalue weighted by molar-refractivity contribution is -0.0968. The molecule has 0 aliphatic carbocycles. The Kier molecular flexibility index (Phi) is 5.90. The molecule has 8 nitrogen and oxygen atoms in total. The summed E-state index contributed by atoms with van der Waals surface area (Å²) in [6.45, 7) is 6.76. The number of halogens is 1. The Morgan fingerprint density at radius 1 is 1.29 bits per heavy atom. The highest BCUT2D eigenvalue weighted by atomic mass is 79.9. The van der Waals surface area contributed by atoms with Crippen molar-refractivity contribution in [3.8, 4) is 17.2 Å². The topological polar surface area (TPSA) is 91.9 Å². The zero-order valence-electron chi connectivity index (χ0n) is 17.7. The maximum absolute atomic E-state index is 11.9. The summed E-state index contributed by atoms with van der Waals surface area (Å²) in [6, 6.07) is 9.75. The summed E-state index contributed by atoms with van der Waals surface area (Å²) in [5.74, 6) is 1.09. The van der Waals surface area contributed by atoms with Gasteiger partial charge in [-0.15, -0.1) is 0 Å². The van der Waals surface area contributed by atoms with Gasteiger partial charge in [0.2, 0.25) is 11.6 Å². The first-order valence-electron chi connectivity index (χ1n) is 10.2. The molecule has 3 aromatic rings. The number of benzene rings is 1. The summed E-state index contributed by atoms with van der Waals surface area (Å²) in [5.41, 5.74) is 0.809. The Hall–Kier alpha value is -2.65. The standard InChI is InChI=1S/C22H25BrN4O4/c1-22(2,3)27(21(28)29)26-11-7-10-15(12-26)30-19-16-17(23)18(14-8-5-4-6-9-14)31-20(16)25-13-24-19/h4-6,8-9,13,15H,7,10-12H2,1-3H3,(H,28,29). The summed E-state index contributed by atoms with van der Waals surface area (Å²) in [4.78, 5) is 20.5. The number of amides is 1. The molecule has 0 saturated carbocycles. The largest absolute Gasteiger partial charge is 0.472 e. The zero-order valence-corrected chi connectivity index (χ0v) is 19.3. The number of hydrogen-bond acceptors (Lipinski definition) is 6. The van der Waals surface area contributed by atoms with E-state index in [1.54, 1.807) is 0 Å². The average Bonchev–Trinajstić information content (AvgIpc) is 3.05. The van der Waals surface area contributed by atoms with E-state index in [4.69, 9.17) is 9.15 Å². The van der Waals surface area contributed by atoms with Crippen LogP contribution >= 0.6 is 15.9 Å². The van der Waals surface area contributed by atoms with Gasteiger partial charge >= 0.3 is 6.09 Å². The Labute approximate surface area is 188 Å². The van der Waals surface area contributed by atoms with Crippen LogP contribution in [0.25, 0.3) is 22.4 Å². The first-order chi connectivity index (χ1) is 14.8. The van der Waals surface area contributed by atoms with Crippen molar-refractivity contribution >= 4 is 33.1 Å². The van der Waals surface area contributed by atoms with Crippen molar-refractivity contribution in [2.45, 2.75) is 45.3 Å². The lowest BCUT2D eigenvalue weighted by atomic mass is 10.1. The van der Waals surface area contributed by atoms with Crippen LogP contribution in [0.15, 0.2) is 45.5 Å². The second-order valence-corrected chi connectivity index (χ2v) is 9.32. The normalized spacial score (nSPS) is 17.6. The van der Waals surface area contributed by atoms with E-state index < -0.39 is 11.6 Å². The highest BCUT2D eigenvalue weighted by Gasteiger charge is 2.36. The van der Waals surface area contributed by atoms with Crippen LogP contribution in [0, 0.1) is 0 Å². The molecule has 0 spiro atoms. The Morgan fingerprint density at radius 2 is 2.03 bits per heavy atom. The van der Waals surface area contributed by atoms with Crippen molar-refractivity contribution < 1.29 is 19.1 Å². The fourth-order valence-corrected chi connectivity index (χ4v) is 4.58. The van der Waals surface area contributed by atoms with Crippen LogP contribution in [0.2, 0.25) is 0 Å². The lowest BCUT2D eigenvalue weighted by Crippen LogP contribution is -2.59. The maximum Gasteiger partial charge on any atom is 0.422 e. The van der Waals surface area contributed by atoms with Gasteiger partial charge in [0.05, 0.1) is 16.6 Å². The quantitative estimate of drug-likeness (QED) is 0.539. The number of aromatic nitrogens is 2. The van der Waals surface area contributed by atoms with E-state index in [9.17, 15) is 9.90 Å². The Balaban J connectivity index is 1.61. The molecular formula is C22H25BrN4O4.